The van der Waals surface area contributed by atoms with Crippen molar-refractivity contribution in [2.24, 2.45) is 11.3 Å². The first-order chi connectivity index (χ1) is 18.3. The van der Waals surface area contributed by atoms with Gasteiger partial charge in [0.15, 0.2) is 0 Å². The third-order valence-electron chi connectivity index (χ3n) is 7.75. The van der Waals surface area contributed by atoms with Crippen LogP contribution in [0.1, 0.15) is 83.4 Å². The molecule has 0 bridgehead atoms. The molecular weight excluding hydrogens is 540 g/mol. The summed E-state index contributed by atoms with van der Waals surface area (Å²) in [5, 5.41) is 6.19. The van der Waals surface area contributed by atoms with Crippen LogP contribution in [0.5, 0.6) is 0 Å². The Kier molecular flexibility index (Phi) is 9.43. The molecular formula is C28H39F6N3O3. The first-order valence-electron chi connectivity index (χ1n) is 13.6. The Morgan fingerprint density at radius 1 is 1.00 bits per heavy atom. The van der Waals surface area contributed by atoms with Crippen molar-refractivity contribution in [2.45, 2.75) is 103 Å². The Morgan fingerprint density at radius 3 is 2.12 bits per heavy atom. The maximum Gasteiger partial charge on any atom is 0.416 e. The van der Waals surface area contributed by atoms with Gasteiger partial charge in [0.2, 0.25) is 5.91 Å². The number of carbonyl (C=O) groups excluding carboxylic acids is 2. The van der Waals surface area contributed by atoms with Crippen LogP contribution < -0.4 is 10.6 Å². The number of benzene rings is 1. The van der Waals surface area contributed by atoms with Gasteiger partial charge in [0, 0.05) is 31.7 Å². The van der Waals surface area contributed by atoms with Crippen LogP contribution in [-0.2, 0) is 28.4 Å². The van der Waals surface area contributed by atoms with Crippen LogP contribution in [0.2, 0.25) is 0 Å². The molecule has 1 saturated heterocycles. The molecule has 1 unspecified atom stereocenters. The highest BCUT2D eigenvalue weighted by Crippen LogP contribution is 2.45. The van der Waals surface area contributed by atoms with Gasteiger partial charge in [-0.15, -0.1) is 0 Å². The average Bonchev–Trinajstić information content (AvgIpc) is 3.25. The average molecular weight is 580 g/mol. The maximum absolute atomic E-state index is 13.4. The molecule has 226 valence electrons. The highest BCUT2D eigenvalue weighted by molar-refractivity contribution is 5.83. The number of halogens is 6. The van der Waals surface area contributed by atoms with E-state index < -0.39 is 46.9 Å². The highest BCUT2D eigenvalue weighted by Gasteiger charge is 2.48. The van der Waals surface area contributed by atoms with Gasteiger partial charge in [0.25, 0.3) is 0 Å². The van der Waals surface area contributed by atoms with Crippen molar-refractivity contribution in [3.05, 3.63) is 34.9 Å². The summed E-state index contributed by atoms with van der Waals surface area (Å²) in [7, 11) is 0. The number of carbonyl (C=O) groups is 2. The van der Waals surface area contributed by atoms with Gasteiger partial charge in [-0.05, 0) is 82.6 Å². The fourth-order valence-electron chi connectivity index (χ4n) is 5.63. The van der Waals surface area contributed by atoms with Crippen molar-refractivity contribution in [1.82, 2.24) is 15.5 Å². The van der Waals surface area contributed by atoms with E-state index in [9.17, 15) is 35.9 Å². The molecule has 2 fully saturated rings. The lowest BCUT2D eigenvalue weighted by molar-refractivity contribution is -0.143. The van der Waals surface area contributed by atoms with E-state index in [0.717, 1.165) is 12.8 Å². The van der Waals surface area contributed by atoms with Crippen LogP contribution in [0, 0.1) is 11.3 Å². The number of rotatable bonds is 6. The molecule has 12 heteroatoms. The van der Waals surface area contributed by atoms with E-state index >= 15 is 0 Å². The third kappa shape index (κ3) is 8.04. The summed E-state index contributed by atoms with van der Waals surface area (Å²) in [6.45, 7) is 9.82. The summed E-state index contributed by atoms with van der Waals surface area (Å²) in [5.41, 5.74) is -4.53. The van der Waals surface area contributed by atoms with Crippen LogP contribution in [0.25, 0.3) is 0 Å². The molecule has 0 radical (unpaired) electrons. The molecule has 2 N–H and O–H groups in total. The molecule has 2 amide bonds. The Balaban J connectivity index is 1.66. The molecule has 2 aliphatic rings. The Bertz CT molecular complexity index is 1030. The van der Waals surface area contributed by atoms with Crippen molar-refractivity contribution in [3.63, 3.8) is 0 Å². The fraction of sp³-hybridized carbons (Fsp3) is 0.714. The summed E-state index contributed by atoms with van der Waals surface area (Å²) >= 11 is 0. The summed E-state index contributed by atoms with van der Waals surface area (Å²) in [6.07, 6.45) is -6.96. The molecule has 1 saturated carbocycles. The summed E-state index contributed by atoms with van der Waals surface area (Å²) in [6, 6.07) is 1.33. The minimum Gasteiger partial charge on any atom is -0.444 e. The highest BCUT2D eigenvalue weighted by atomic mass is 19.4. The zero-order valence-corrected chi connectivity index (χ0v) is 23.6. The summed E-state index contributed by atoms with van der Waals surface area (Å²) < 4.78 is 84.9. The van der Waals surface area contributed by atoms with Crippen LogP contribution in [0.15, 0.2) is 18.2 Å². The van der Waals surface area contributed by atoms with Gasteiger partial charge >= 0.3 is 18.4 Å². The monoisotopic (exact) mass is 579 g/mol. The molecule has 40 heavy (non-hydrogen) atoms. The van der Waals surface area contributed by atoms with E-state index in [0.29, 0.717) is 44.5 Å². The molecule has 0 spiro atoms. The van der Waals surface area contributed by atoms with Crippen molar-refractivity contribution in [1.29, 1.82) is 0 Å². The van der Waals surface area contributed by atoms with E-state index in [1.807, 2.05) is 34.6 Å². The van der Waals surface area contributed by atoms with Crippen LogP contribution >= 0.6 is 0 Å². The second kappa shape index (κ2) is 11.8. The lowest BCUT2D eigenvalue weighted by Gasteiger charge is -2.36. The van der Waals surface area contributed by atoms with Gasteiger partial charge in [-0.25, -0.2) is 4.79 Å². The molecule has 6 nitrogen and oxygen atoms in total. The lowest BCUT2D eigenvalue weighted by Crippen LogP contribution is -2.52. The molecule has 3 atom stereocenters. The molecule has 1 aromatic carbocycles. The number of hydrogen-bond donors (Lipinski definition) is 2. The summed E-state index contributed by atoms with van der Waals surface area (Å²) in [5.74, 6) is -0.507. The van der Waals surface area contributed by atoms with Crippen LogP contribution in [0.4, 0.5) is 31.1 Å². The number of likely N-dealkylation sites (tertiary alicyclic amines) is 1. The second-order valence-corrected chi connectivity index (χ2v) is 12.3. The first kappa shape index (κ1) is 32.0. The largest absolute Gasteiger partial charge is 0.444 e. The van der Waals surface area contributed by atoms with Gasteiger partial charge in [-0.1, -0.05) is 13.8 Å². The molecule has 1 aliphatic carbocycles. The number of amides is 2. The number of nitrogens with one attached hydrogen (secondary N) is 2. The van der Waals surface area contributed by atoms with Gasteiger partial charge in [0.1, 0.15) is 5.60 Å². The van der Waals surface area contributed by atoms with Crippen molar-refractivity contribution in [3.8, 4) is 0 Å². The molecule has 0 aromatic heterocycles. The van der Waals surface area contributed by atoms with Crippen molar-refractivity contribution < 1.29 is 40.7 Å². The van der Waals surface area contributed by atoms with Crippen molar-refractivity contribution >= 4 is 12.0 Å². The van der Waals surface area contributed by atoms with E-state index in [1.54, 1.807) is 4.90 Å². The zero-order chi connectivity index (χ0) is 30.1. The summed E-state index contributed by atoms with van der Waals surface area (Å²) in [4.78, 5) is 27.6. The van der Waals surface area contributed by atoms with Gasteiger partial charge < -0.3 is 20.3 Å². The van der Waals surface area contributed by atoms with Gasteiger partial charge in [-0.3, -0.25) is 4.79 Å². The predicted octanol–water partition coefficient (Wildman–Crippen LogP) is 6.52. The van der Waals surface area contributed by atoms with Crippen molar-refractivity contribution in [2.75, 3.05) is 13.1 Å². The van der Waals surface area contributed by atoms with E-state index in [2.05, 4.69) is 10.6 Å². The minimum atomic E-state index is -4.96. The Labute approximate surface area is 231 Å². The Morgan fingerprint density at radius 2 is 1.60 bits per heavy atom. The van der Waals surface area contributed by atoms with Gasteiger partial charge in [-0.2, -0.15) is 26.3 Å². The smallest absolute Gasteiger partial charge is 0.416 e. The topological polar surface area (TPSA) is 70.7 Å². The quantitative estimate of drug-likeness (QED) is 0.377. The molecule has 1 aliphatic heterocycles. The number of nitrogens with zero attached hydrogens (tertiary/aromatic N) is 1. The zero-order valence-electron chi connectivity index (χ0n) is 23.6. The van der Waals surface area contributed by atoms with E-state index in [-0.39, 0.29) is 35.7 Å². The number of piperidine rings is 1. The Hall–Kier alpha value is -2.50. The molecule has 3 rings (SSSR count). The first-order valence-corrected chi connectivity index (χ1v) is 13.6. The lowest BCUT2D eigenvalue weighted by atomic mass is 9.74. The standard InChI is InChI=1S/C28H39F6N3O3/c1-17(2)26(23(38)35-15-18-11-19(27(29,30)31)13-20(12-18)28(32,33)34)9-8-21(14-26)36-22-7-6-10-37(16-22)24(39)40-25(3,4)5/h11-13,17,21-22,36H,6-10,14-16H2,1-5H3,(H,35,38)/t21-,22?,26+/m1/s1. The third-order valence-corrected chi connectivity index (χ3v) is 7.75. The fourth-order valence-corrected chi connectivity index (χ4v) is 5.63. The number of ether oxygens (including phenoxy) is 1. The van der Waals surface area contributed by atoms with Crippen LogP contribution in [-0.4, -0.2) is 47.7 Å². The van der Waals surface area contributed by atoms with E-state index in [1.165, 1.54) is 0 Å². The SMILES string of the molecule is CC(C)[C@]1(C(=O)NCc2cc(C(F)(F)F)cc(C(F)(F)F)c2)CC[C@@H](NC2CCCN(C(=O)OC(C)(C)C)C2)C1. The number of hydrogen-bond acceptors (Lipinski definition) is 4. The molecule has 1 heterocycles. The number of alkyl halides is 6. The predicted molar refractivity (Wildman–Crippen MR) is 137 cm³/mol. The normalized spacial score (nSPS) is 24.4. The van der Waals surface area contributed by atoms with Crippen LogP contribution in [0.3, 0.4) is 0 Å². The second-order valence-electron chi connectivity index (χ2n) is 12.3. The van der Waals surface area contributed by atoms with E-state index in [4.69, 9.17) is 4.74 Å². The minimum absolute atomic E-state index is 0.0168. The maximum atomic E-state index is 13.4. The van der Waals surface area contributed by atoms with Gasteiger partial charge in [0.05, 0.1) is 16.5 Å². The molecule has 1 aromatic rings.